The lowest BCUT2D eigenvalue weighted by molar-refractivity contribution is -0.139. The molecule has 1 unspecified atom stereocenters. The van der Waals surface area contributed by atoms with E-state index < -0.39 is 17.9 Å². The van der Waals surface area contributed by atoms with Gasteiger partial charge in [0.25, 0.3) is 5.91 Å². The van der Waals surface area contributed by atoms with Crippen molar-refractivity contribution in [3.05, 3.63) is 74.5 Å². The number of nitrogens with zero attached hydrogens (tertiary/aromatic N) is 1. The number of allylic oxidation sites excluding steroid dienone is 1. The summed E-state index contributed by atoms with van der Waals surface area (Å²) in [5.74, 6) is -2.82. The minimum Gasteiger partial charge on any atom is -0.350 e. The van der Waals surface area contributed by atoms with Crippen molar-refractivity contribution < 1.29 is 27.2 Å². The highest BCUT2D eigenvalue weighted by Gasteiger charge is 2.39. The van der Waals surface area contributed by atoms with Crippen molar-refractivity contribution in [3.63, 3.8) is 0 Å². The molecule has 5 nitrogen and oxygen atoms in total. The van der Waals surface area contributed by atoms with Gasteiger partial charge in [-0.2, -0.15) is 13.2 Å². The van der Waals surface area contributed by atoms with Gasteiger partial charge in [0.15, 0.2) is 0 Å². The van der Waals surface area contributed by atoms with E-state index in [9.17, 15) is 27.2 Å². The molecule has 0 heterocycles. The molecule has 10 heteroatoms. The maximum Gasteiger partial charge on any atom is 0.399 e. The zero-order valence-corrected chi connectivity index (χ0v) is 21.5. The normalized spacial score (nSPS) is 12.5. The Morgan fingerprint density at radius 2 is 1.74 bits per heavy atom. The molecule has 190 valence electrons. The molecule has 2 N–H and O–H groups in total. The van der Waals surface area contributed by atoms with Gasteiger partial charge in [-0.3, -0.25) is 4.79 Å². The molecule has 35 heavy (non-hydrogen) atoms. The summed E-state index contributed by atoms with van der Waals surface area (Å²) in [6, 6.07) is 6.74. The number of rotatable bonds is 8. The summed E-state index contributed by atoms with van der Waals surface area (Å²) in [4.78, 5) is 25.6. The Kier molecular flexibility index (Phi) is 9.88. The quantitative estimate of drug-likeness (QED) is 0.393. The molecule has 2 aromatic rings. The van der Waals surface area contributed by atoms with Gasteiger partial charge in [0.05, 0.1) is 11.5 Å². The number of urea groups is 1. The maximum absolute atomic E-state index is 13.9. The van der Waals surface area contributed by atoms with Crippen molar-refractivity contribution >= 4 is 33.9 Å². The lowest BCUT2D eigenvalue weighted by Gasteiger charge is -2.19. The van der Waals surface area contributed by atoms with Crippen LogP contribution < -0.4 is 10.6 Å². The molecule has 0 aliphatic rings. The van der Waals surface area contributed by atoms with Crippen LogP contribution in [0.2, 0.25) is 0 Å². The Hall–Kier alpha value is -2.88. The molecule has 2 rings (SSSR count). The molecule has 0 fully saturated rings. The first kappa shape index (κ1) is 28.4. The van der Waals surface area contributed by atoms with Crippen molar-refractivity contribution in [2.45, 2.75) is 32.9 Å². The summed E-state index contributed by atoms with van der Waals surface area (Å²) >= 11 is 3.30. The van der Waals surface area contributed by atoms with E-state index in [2.05, 4.69) is 26.6 Å². The van der Waals surface area contributed by atoms with Crippen molar-refractivity contribution in [1.29, 1.82) is 0 Å². The highest BCUT2D eigenvalue weighted by Crippen LogP contribution is 2.37. The van der Waals surface area contributed by atoms with E-state index in [4.69, 9.17) is 0 Å². The van der Waals surface area contributed by atoms with Gasteiger partial charge in [0.2, 0.25) is 0 Å². The standard InChI is InChI=1S/C25H28BrF4N3O2/c1-5-31-24(35)33(4)11-10-32-23(34)19-8-6-17(14-21(19)26)7-9-20(25(28,29)30)18-12-15(2)22(27)16(3)13-18/h6-9,12-14,20H,5,10-11H2,1-4H3,(H,31,35)(H,32,34)/b9-7+. The van der Waals surface area contributed by atoms with Crippen molar-refractivity contribution in [2.75, 3.05) is 26.7 Å². The van der Waals surface area contributed by atoms with Crippen LogP contribution in [0.5, 0.6) is 0 Å². The number of hydrogen-bond donors (Lipinski definition) is 2. The molecule has 0 aliphatic heterocycles. The average Bonchev–Trinajstić information content (AvgIpc) is 2.76. The van der Waals surface area contributed by atoms with E-state index in [1.807, 2.05) is 0 Å². The fourth-order valence-corrected chi connectivity index (χ4v) is 3.99. The van der Waals surface area contributed by atoms with Crippen LogP contribution in [0.15, 0.2) is 40.9 Å². The third kappa shape index (κ3) is 7.81. The first-order valence-corrected chi connectivity index (χ1v) is 11.7. The van der Waals surface area contributed by atoms with Crippen LogP contribution >= 0.6 is 15.9 Å². The molecule has 0 saturated heterocycles. The molecule has 0 radical (unpaired) electrons. The van der Waals surface area contributed by atoms with Crippen LogP contribution in [0.25, 0.3) is 6.08 Å². The summed E-state index contributed by atoms with van der Waals surface area (Å²) in [5.41, 5.74) is 1.02. The number of carbonyl (C=O) groups is 2. The number of likely N-dealkylation sites (N-methyl/N-ethyl adjacent to an activating group) is 1. The molecule has 0 aliphatic carbocycles. The number of carbonyl (C=O) groups excluding carboxylic acids is 2. The van der Waals surface area contributed by atoms with Gasteiger partial charge >= 0.3 is 12.2 Å². The first-order chi connectivity index (χ1) is 16.3. The second-order valence-electron chi connectivity index (χ2n) is 8.10. The summed E-state index contributed by atoms with van der Waals surface area (Å²) in [6.07, 6.45) is -2.23. The van der Waals surface area contributed by atoms with Crippen LogP contribution in [0.3, 0.4) is 0 Å². The van der Waals surface area contributed by atoms with E-state index in [-0.39, 0.29) is 35.2 Å². The van der Waals surface area contributed by atoms with Gasteiger partial charge < -0.3 is 15.5 Å². The van der Waals surface area contributed by atoms with Crippen LogP contribution in [-0.2, 0) is 0 Å². The van der Waals surface area contributed by atoms with E-state index in [1.165, 1.54) is 49.1 Å². The van der Waals surface area contributed by atoms with Gasteiger partial charge in [0.1, 0.15) is 5.82 Å². The SMILES string of the molecule is CCNC(=O)N(C)CCNC(=O)c1ccc(/C=C/C(c2cc(C)c(F)c(C)c2)C(F)(F)F)cc1Br. The van der Waals surface area contributed by atoms with Crippen LogP contribution in [0, 0.1) is 19.7 Å². The highest BCUT2D eigenvalue weighted by atomic mass is 79.9. The van der Waals surface area contributed by atoms with E-state index >= 15 is 0 Å². The fourth-order valence-electron chi connectivity index (χ4n) is 3.41. The van der Waals surface area contributed by atoms with E-state index in [1.54, 1.807) is 20.0 Å². The topological polar surface area (TPSA) is 61.4 Å². The molecule has 0 spiro atoms. The Bertz CT molecular complexity index is 1080. The van der Waals surface area contributed by atoms with Crippen molar-refractivity contribution in [1.82, 2.24) is 15.5 Å². The van der Waals surface area contributed by atoms with Gasteiger partial charge in [-0.05, 0) is 71.1 Å². The fraction of sp³-hybridized carbons (Fsp3) is 0.360. The molecule has 0 bridgehead atoms. The Morgan fingerprint density at radius 1 is 1.11 bits per heavy atom. The number of benzene rings is 2. The molecule has 2 aromatic carbocycles. The molecule has 1 atom stereocenters. The predicted molar refractivity (Wildman–Crippen MR) is 132 cm³/mol. The lowest BCUT2D eigenvalue weighted by atomic mass is 9.93. The third-order valence-electron chi connectivity index (χ3n) is 5.30. The minimum atomic E-state index is -4.56. The second kappa shape index (κ2) is 12.2. The Labute approximate surface area is 210 Å². The largest absolute Gasteiger partial charge is 0.399 e. The van der Waals surface area contributed by atoms with Crippen molar-refractivity contribution in [3.8, 4) is 0 Å². The van der Waals surface area contributed by atoms with Crippen LogP contribution in [-0.4, -0.2) is 49.7 Å². The number of amides is 3. The van der Waals surface area contributed by atoms with Gasteiger partial charge in [0, 0.05) is 31.2 Å². The number of aryl methyl sites for hydroxylation is 2. The zero-order valence-electron chi connectivity index (χ0n) is 19.9. The second-order valence-corrected chi connectivity index (χ2v) is 8.95. The van der Waals surface area contributed by atoms with Crippen LogP contribution in [0.1, 0.15) is 45.5 Å². The highest BCUT2D eigenvalue weighted by molar-refractivity contribution is 9.10. The number of hydrogen-bond acceptors (Lipinski definition) is 2. The van der Waals surface area contributed by atoms with E-state index in [0.717, 1.165) is 6.08 Å². The zero-order chi connectivity index (χ0) is 26.3. The molecule has 0 aromatic heterocycles. The number of alkyl halides is 3. The molecular weight excluding hydrogens is 530 g/mol. The molecule has 3 amide bonds. The number of halogens is 5. The minimum absolute atomic E-state index is 0.0437. The summed E-state index contributed by atoms with van der Waals surface area (Å²) in [6.45, 7) is 5.69. The Balaban J connectivity index is 2.14. The summed E-state index contributed by atoms with van der Waals surface area (Å²) < 4.78 is 55.6. The van der Waals surface area contributed by atoms with Gasteiger partial charge in [-0.25, -0.2) is 9.18 Å². The number of nitrogens with one attached hydrogen (secondary N) is 2. The average molecular weight is 558 g/mol. The first-order valence-electron chi connectivity index (χ1n) is 10.9. The monoisotopic (exact) mass is 557 g/mol. The van der Waals surface area contributed by atoms with Crippen LogP contribution in [0.4, 0.5) is 22.4 Å². The van der Waals surface area contributed by atoms with Gasteiger partial charge in [-0.15, -0.1) is 0 Å². The summed E-state index contributed by atoms with van der Waals surface area (Å²) in [7, 11) is 1.61. The molecule has 0 saturated carbocycles. The summed E-state index contributed by atoms with van der Waals surface area (Å²) in [5, 5.41) is 5.36. The van der Waals surface area contributed by atoms with Crippen molar-refractivity contribution in [2.24, 2.45) is 0 Å². The predicted octanol–water partition coefficient (Wildman–Crippen LogP) is 5.96. The maximum atomic E-state index is 13.9. The third-order valence-corrected chi connectivity index (χ3v) is 5.95. The molecular formula is C25H28BrF4N3O2. The lowest BCUT2D eigenvalue weighted by Crippen LogP contribution is -2.41. The smallest absolute Gasteiger partial charge is 0.350 e. The Morgan fingerprint density at radius 3 is 2.29 bits per heavy atom. The van der Waals surface area contributed by atoms with Gasteiger partial charge in [-0.1, -0.05) is 30.4 Å². The van der Waals surface area contributed by atoms with E-state index in [0.29, 0.717) is 28.7 Å².